The molecule has 1 N–H and O–H groups in total. The van der Waals surface area contributed by atoms with Crippen LogP contribution in [0.5, 0.6) is 0 Å². The maximum absolute atomic E-state index is 11.8. The van der Waals surface area contributed by atoms with Crippen LogP contribution in [0.4, 0.5) is 10.5 Å². The van der Waals surface area contributed by atoms with E-state index in [0.717, 1.165) is 11.2 Å². The number of imidazole rings is 1. The number of imide groups is 1. The van der Waals surface area contributed by atoms with Crippen LogP contribution < -0.4 is 10.2 Å². The van der Waals surface area contributed by atoms with Crippen LogP contribution in [0.15, 0.2) is 29.3 Å². The van der Waals surface area contributed by atoms with E-state index in [1.165, 1.54) is 0 Å². The molecule has 0 saturated carbocycles. The molecule has 6 nitrogen and oxygen atoms in total. The summed E-state index contributed by atoms with van der Waals surface area (Å²) in [5, 5.41) is 2.31. The highest BCUT2D eigenvalue weighted by Gasteiger charge is 2.25. The van der Waals surface area contributed by atoms with Crippen molar-refractivity contribution in [3.63, 3.8) is 0 Å². The third-order valence-electron chi connectivity index (χ3n) is 2.85. The van der Waals surface area contributed by atoms with Gasteiger partial charge in [-0.15, -0.1) is 0 Å². The van der Waals surface area contributed by atoms with E-state index in [4.69, 9.17) is 0 Å². The van der Waals surface area contributed by atoms with Gasteiger partial charge in [0, 0.05) is 19.2 Å². The summed E-state index contributed by atoms with van der Waals surface area (Å²) in [7, 11) is 0. The summed E-state index contributed by atoms with van der Waals surface area (Å²) in [6.07, 6.45) is 3.84. The minimum Gasteiger partial charge on any atom is -0.292 e. The van der Waals surface area contributed by atoms with Gasteiger partial charge in [-0.05, 0) is 28.1 Å². The van der Waals surface area contributed by atoms with E-state index in [-0.39, 0.29) is 5.91 Å². The molecule has 1 fully saturated rings. The molecule has 1 aliphatic rings. The molecule has 0 bridgehead atoms. The zero-order chi connectivity index (χ0) is 12.7. The Labute approximate surface area is 111 Å². The molecule has 2 aromatic heterocycles. The minimum atomic E-state index is -0.392. The summed E-state index contributed by atoms with van der Waals surface area (Å²) in [5.41, 5.74) is 1.55. The fourth-order valence-electron chi connectivity index (χ4n) is 2.00. The van der Waals surface area contributed by atoms with Crippen molar-refractivity contribution in [1.82, 2.24) is 14.7 Å². The quantitative estimate of drug-likeness (QED) is 0.869. The number of rotatable bonds is 1. The summed E-state index contributed by atoms with van der Waals surface area (Å²) in [4.78, 5) is 28.6. The normalized spacial score (nSPS) is 16.2. The highest BCUT2D eigenvalue weighted by molar-refractivity contribution is 9.10. The van der Waals surface area contributed by atoms with Gasteiger partial charge in [0.25, 0.3) is 0 Å². The Morgan fingerprint density at radius 3 is 3.00 bits per heavy atom. The van der Waals surface area contributed by atoms with Crippen LogP contribution in [-0.2, 0) is 4.79 Å². The lowest BCUT2D eigenvalue weighted by molar-refractivity contribution is -0.120. The Morgan fingerprint density at radius 2 is 2.22 bits per heavy atom. The van der Waals surface area contributed by atoms with Crippen molar-refractivity contribution in [2.45, 2.75) is 6.42 Å². The molecule has 2 aromatic rings. The number of carbonyl (C=O) groups is 2. The van der Waals surface area contributed by atoms with Crippen LogP contribution in [0.25, 0.3) is 5.52 Å². The second-order valence-electron chi connectivity index (χ2n) is 3.93. The number of hydrogen-bond donors (Lipinski definition) is 1. The van der Waals surface area contributed by atoms with Crippen molar-refractivity contribution in [3.05, 3.63) is 29.3 Å². The molecule has 0 unspecified atom stereocenters. The molecule has 1 saturated heterocycles. The molecule has 0 aliphatic carbocycles. The second-order valence-corrected chi connectivity index (χ2v) is 4.64. The highest BCUT2D eigenvalue weighted by Crippen LogP contribution is 2.25. The van der Waals surface area contributed by atoms with Gasteiger partial charge in [0.1, 0.15) is 0 Å². The Hall–Kier alpha value is -1.89. The summed E-state index contributed by atoms with van der Waals surface area (Å²) in [6, 6.07) is 3.27. The van der Waals surface area contributed by atoms with Gasteiger partial charge in [0.2, 0.25) is 5.91 Å². The summed E-state index contributed by atoms with van der Waals surface area (Å²) in [5.74, 6) is -0.238. The molecule has 3 amide bonds. The number of nitrogens with one attached hydrogen (secondary N) is 1. The van der Waals surface area contributed by atoms with E-state index in [1.54, 1.807) is 11.1 Å². The molecule has 18 heavy (non-hydrogen) atoms. The van der Waals surface area contributed by atoms with Crippen LogP contribution in [0.3, 0.4) is 0 Å². The summed E-state index contributed by atoms with van der Waals surface area (Å²) >= 11 is 3.33. The van der Waals surface area contributed by atoms with Gasteiger partial charge in [-0.1, -0.05) is 0 Å². The van der Waals surface area contributed by atoms with Gasteiger partial charge in [-0.3, -0.25) is 19.4 Å². The monoisotopic (exact) mass is 308 g/mol. The number of urea groups is 1. The molecular weight excluding hydrogens is 300 g/mol. The van der Waals surface area contributed by atoms with Crippen molar-refractivity contribution in [3.8, 4) is 0 Å². The third-order valence-corrected chi connectivity index (χ3v) is 3.43. The molecule has 3 rings (SSSR count). The van der Waals surface area contributed by atoms with E-state index < -0.39 is 6.03 Å². The number of amides is 3. The first-order chi connectivity index (χ1) is 8.66. The van der Waals surface area contributed by atoms with Crippen molar-refractivity contribution >= 4 is 39.1 Å². The second kappa shape index (κ2) is 4.09. The summed E-state index contributed by atoms with van der Waals surface area (Å²) < 4.78 is 2.51. The highest BCUT2D eigenvalue weighted by atomic mass is 79.9. The lowest BCUT2D eigenvalue weighted by atomic mass is 10.2. The Kier molecular flexibility index (Phi) is 2.55. The SMILES string of the molecule is O=C1CCN(c2cccn3c(Br)ncc23)C(=O)N1. The average molecular weight is 309 g/mol. The van der Waals surface area contributed by atoms with Crippen LogP contribution in [-0.4, -0.2) is 27.9 Å². The number of anilines is 1. The molecule has 7 heteroatoms. The number of pyridine rings is 1. The standard InChI is InChI=1S/C11H9BrN4O2/c12-10-13-6-8-7(2-1-4-15(8)10)16-5-3-9(17)14-11(16)18/h1-2,4,6H,3,5H2,(H,14,17,18). The van der Waals surface area contributed by atoms with Crippen LogP contribution in [0, 0.1) is 0 Å². The Morgan fingerprint density at radius 1 is 1.39 bits per heavy atom. The van der Waals surface area contributed by atoms with Crippen LogP contribution in [0.2, 0.25) is 0 Å². The fourth-order valence-corrected chi connectivity index (χ4v) is 2.41. The van der Waals surface area contributed by atoms with Crippen molar-refractivity contribution in [2.75, 3.05) is 11.4 Å². The van der Waals surface area contributed by atoms with Crippen LogP contribution in [0.1, 0.15) is 6.42 Å². The number of carbonyl (C=O) groups excluding carboxylic acids is 2. The molecule has 0 spiro atoms. The van der Waals surface area contributed by atoms with Crippen molar-refractivity contribution in [2.24, 2.45) is 0 Å². The van der Waals surface area contributed by atoms with E-state index in [2.05, 4.69) is 26.2 Å². The molecular formula is C11H9BrN4O2. The largest absolute Gasteiger partial charge is 0.328 e. The number of hydrogen-bond acceptors (Lipinski definition) is 3. The van der Waals surface area contributed by atoms with Gasteiger partial charge < -0.3 is 0 Å². The van der Waals surface area contributed by atoms with Crippen molar-refractivity contribution in [1.29, 1.82) is 0 Å². The van der Waals surface area contributed by atoms with E-state index in [9.17, 15) is 9.59 Å². The lowest BCUT2D eigenvalue weighted by Crippen LogP contribution is -2.49. The van der Waals surface area contributed by atoms with Crippen LogP contribution >= 0.6 is 15.9 Å². The predicted octanol–water partition coefficient (Wildman–Crippen LogP) is 1.54. The maximum Gasteiger partial charge on any atom is 0.328 e. The molecule has 1 aliphatic heterocycles. The zero-order valence-corrected chi connectivity index (χ0v) is 10.8. The van der Waals surface area contributed by atoms with Gasteiger partial charge in [0.15, 0.2) is 4.73 Å². The van der Waals surface area contributed by atoms with E-state index in [1.807, 2.05) is 22.7 Å². The first-order valence-corrected chi connectivity index (χ1v) is 6.19. The minimum absolute atomic E-state index is 0.238. The smallest absolute Gasteiger partial charge is 0.292 e. The number of aromatic nitrogens is 2. The number of fused-ring (bicyclic) bond motifs is 1. The first kappa shape index (κ1) is 11.2. The van der Waals surface area contributed by atoms with Gasteiger partial charge in [0.05, 0.1) is 17.4 Å². The van der Waals surface area contributed by atoms with E-state index >= 15 is 0 Å². The van der Waals surface area contributed by atoms with Gasteiger partial charge in [-0.2, -0.15) is 0 Å². The van der Waals surface area contributed by atoms with Gasteiger partial charge >= 0.3 is 6.03 Å². The zero-order valence-electron chi connectivity index (χ0n) is 9.26. The topological polar surface area (TPSA) is 66.7 Å². The fraction of sp³-hybridized carbons (Fsp3) is 0.182. The molecule has 0 aromatic carbocycles. The maximum atomic E-state index is 11.8. The van der Waals surface area contributed by atoms with Gasteiger partial charge in [-0.25, -0.2) is 9.78 Å². The average Bonchev–Trinajstić information content (AvgIpc) is 2.72. The molecule has 0 radical (unpaired) electrons. The predicted molar refractivity (Wildman–Crippen MR) is 68.4 cm³/mol. The Bertz CT molecular complexity index is 652. The Balaban J connectivity index is 2.09. The molecule has 0 atom stereocenters. The third kappa shape index (κ3) is 1.67. The van der Waals surface area contributed by atoms with E-state index in [0.29, 0.717) is 17.7 Å². The lowest BCUT2D eigenvalue weighted by Gasteiger charge is -2.26. The molecule has 3 heterocycles. The molecule has 92 valence electrons. The summed E-state index contributed by atoms with van der Waals surface area (Å²) in [6.45, 7) is 0.382. The van der Waals surface area contributed by atoms with Crippen molar-refractivity contribution < 1.29 is 9.59 Å². The first-order valence-electron chi connectivity index (χ1n) is 5.40. The number of halogens is 1. The number of nitrogens with zero attached hydrogens (tertiary/aromatic N) is 3.